The molecule has 0 bridgehead atoms. The number of alkyl halides is 5. The molecule has 0 aliphatic heterocycles. The third kappa shape index (κ3) is 6.29. The Morgan fingerprint density at radius 2 is 1.88 bits per heavy atom. The third-order valence-electron chi connectivity index (χ3n) is 5.68. The molecule has 1 aromatic carbocycles. The molecule has 6 nitrogen and oxygen atoms in total. The predicted molar refractivity (Wildman–Crippen MR) is 109 cm³/mol. The molecular formula is C22H25F5N2O4. The van der Waals surface area contributed by atoms with Crippen molar-refractivity contribution in [2.75, 3.05) is 6.61 Å². The molecule has 1 aliphatic carbocycles. The number of nitrogens with one attached hydrogen (secondary N) is 1. The van der Waals surface area contributed by atoms with E-state index in [4.69, 9.17) is 4.74 Å². The van der Waals surface area contributed by atoms with Crippen molar-refractivity contribution in [1.82, 2.24) is 10.3 Å². The van der Waals surface area contributed by atoms with Gasteiger partial charge in [0, 0.05) is 23.7 Å². The van der Waals surface area contributed by atoms with E-state index in [1.54, 1.807) is 19.1 Å². The summed E-state index contributed by atoms with van der Waals surface area (Å²) in [6.45, 7) is -1.52. The van der Waals surface area contributed by atoms with Gasteiger partial charge in [-0.2, -0.15) is 22.0 Å². The van der Waals surface area contributed by atoms with Crippen LogP contribution in [-0.4, -0.2) is 53.1 Å². The zero-order chi connectivity index (χ0) is 24.4. The molecule has 1 unspecified atom stereocenters. The zero-order valence-corrected chi connectivity index (χ0v) is 18.1. The van der Waals surface area contributed by atoms with Gasteiger partial charge in [0.2, 0.25) is 0 Å². The van der Waals surface area contributed by atoms with Crippen LogP contribution < -0.4 is 10.1 Å². The van der Waals surface area contributed by atoms with E-state index in [1.165, 1.54) is 12.3 Å². The second-order valence-corrected chi connectivity index (χ2v) is 8.44. The van der Waals surface area contributed by atoms with Crippen LogP contribution in [0.3, 0.4) is 0 Å². The van der Waals surface area contributed by atoms with Gasteiger partial charge in [0.25, 0.3) is 5.91 Å². The van der Waals surface area contributed by atoms with E-state index in [-0.39, 0.29) is 17.7 Å². The lowest BCUT2D eigenvalue weighted by Gasteiger charge is -2.32. The van der Waals surface area contributed by atoms with Gasteiger partial charge in [-0.15, -0.1) is 0 Å². The summed E-state index contributed by atoms with van der Waals surface area (Å²) in [4.78, 5) is 16.8. The fourth-order valence-corrected chi connectivity index (χ4v) is 3.62. The van der Waals surface area contributed by atoms with Gasteiger partial charge >= 0.3 is 12.8 Å². The van der Waals surface area contributed by atoms with Crippen molar-refractivity contribution < 1.29 is 41.3 Å². The maximum atomic E-state index is 12.7. The minimum atomic E-state index is -4.78. The number of pyridine rings is 1. The summed E-state index contributed by atoms with van der Waals surface area (Å²) in [5.41, 5.74) is -1.74. The number of ether oxygens (including phenoxy) is 2. The molecule has 3 rings (SSSR count). The highest BCUT2D eigenvalue weighted by molar-refractivity contribution is 5.97. The molecule has 2 aromatic rings. The number of rotatable bonds is 7. The lowest BCUT2D eigenvalue weighted by atomic mass is 9.92. The van der Waals surface area contributed by atoms with Crippen molar-refractivity contribution in [2.24, 2.45) is 0 Å². The summed E-state index contributed by atoms with van der Waals surface area (Å²) >= 11 is 0. The van der Waals surface area contributed by atoms with Crippen molar-refractivity contribution in [1.29, 1.82) is 0 Å². The SMILES string of the molecule is Cc1cc2cc(C(=O)N[C@H]3CC[C@H](OCC(C)(O)C(F)(F)F)CC3)cnc2cc1OC(F)F. The molecule has 1 aliphatic rings. The number of carbonyl (C=O) groups excluding carboxylic acids is 1. The molecule has 1 heterocycles. The molecule has 1 fully saturated rings. The van der Waals surface area contributed by atoms with Crippen LogP contribution in [0.2, 0.25) is 0 Å². The van der Waals surface area contributed by atoms with E-state index in [0.29, 0.717) is 54.6 Å². The van der Waals surface area contributed by atoms with Crippen molar-refractivity contribution in [3.8, 4) is 5.75 Å². The molecule has 1 amide bonds. The zero-order valence-electron chi connectivity index (χ0n) is 18.1. The standard InChI is InChI=1S/C22H25F5N2O4/c1-12-7-13-8-14(10-28-17(13)9-18(12)33-20(23)24)19(30)29-15-3-5-16(6-4-15)32-11-21(2,31)22(25,26)27/h7-10,15-16,20,31H,3-6,11H2,1-2H3,(H,29,30)/t15-,16-,21?. The van der Waals surface area contributed by atoms with Crippen LogP contribution in [0.5, 0.6) is 5.75 Å². The topological polar surface area (TPSA) is 80.7 Å². The van der Waals surface area contributed by atoms with Crippen LogP contribution in [0.15, 0.2) is 24.4 Å². The molecule has 2 N–H and O–H groups in total. The lowest BCUT2D eigenvalue weighted by molar-refractivity contribution is -0.271. The molecule has 1 aromatic heterocycles. The number of halogens is 5. The first kappa shape index (κ1) is 25.1. The molecular weight excluding hydrogens is 451 g/mol. The average Bonchev–Trinajstić information content (AvgIpc) is 2.72. The van der Waals surface area contributed by atoms with E-state index < -0.39 is 31.1 Å². The number of fused-ring (bicyclic) bond motifs is 1. The number of aromatic nitrogens is 1. The number of hydrogen-bond acceptors (Lipinski definition) is 5. The summed E-state index contributed by atoms with van der Waals surface area (Å²) in [5.74, 6) is -0.350. The first-order valence-electron chi connectivity index (χ1n) is 10.4. The van der Waals surface area contributed by atoms with E-state index >= 15 is 0 Å². The normalized spacial score (nSPS) is 21.1. The highest BCUT2D eigenvalue weighted by atomic mass is 19.4. The monoisotopic (exact) mass is 476 g/mol. The molecule has 0 spiro atoms. The number of amides is 1. The smallest absolute Gasteiger partial charge is 0.419 e. The number of aliphatic hydroxyl groups is 1. The van der Waals surface area contributed by atoms with E-state index in [9.17, 15) is 31.9 Å². The minimum absolute atomic E-state index is 0.0120. The quantitative estimate of drug-likeness (QED) is 0.575. The molecule has 0 radical (unpaired) electrons. The lowest BCUT2D eigenvalue weighted by Crippen LogP contribution is -2.47. The molecule has 11 heteroatoms. The molecule has 0 saturated heterocycles. The Morgan fingerprint density at radius 1 is 1.21 bits per heavy atom. The molecule has 33 heavy (non-hydrogen) atoms. The Morgan fingerprint density at radius 3 is 2.48 bits per heavy atom. The summed E-state index contributed by atoms with van der Waals surface area (Å²) < 4.78 is 72.9. The Bertz CT molecular complexity index is 989. The van der Waals surface area contributed by atoms with Gasteiger partial charge < -0.3 is 19.9 Å². The fraction of sp³-hybridized carbons (Fsp3) is 0.545. The van der Waals surface area contributed by atoms with Crippen LogP contribution in [0, 0.1) is 6.92 Å². The maximum absolute atomic E-state index is 12.7. The fourth-order valence-electron chi connectivity index (χ4n) is 3.62. The van der Waals surface area contributed by atoms with Crippen LogP contribution in [-0.2, 0) is 4.74 Å². The third-order valence-corrected chi connectivity index (χ3v) is 5.68. The molecule has 182 valence electrons. The first-order chi connectivity index (χ1) is 15.4. The highest BCUT2D eigenvalue weighted by Crippen LogP contribution is 2.32. The van der Waals surface area contributed by atoms with Crippen LogP contribution >= 0.6 is 0 Å². The van der Waals surface area contributed by atoms with Crippen molar-refractivity contribution in [2.45, 2.75) is 70.1 Å². The summed E-state index contributed by atoms with van der Waals surface area (Å²) in [6, 6.07) is 4.41. The van der Waals surface area contributed by atoms with Gasteiger partial charge in [0.05, 0.1) is 23.8 Å². The largest absolute Gasteiger partial charge is 0.434 e. The average molecular weight is 476 g/mol. The second kappa shape index (κ2) is 9.76. The highest BCUT2D eigenvalue weighted by Gasteiger charge is 2.50. The Labute approximate surface area is 187 Å². The number of benzene rings is 1. The summed E-state index contributed by atoms with van der Waals surface area (Å²) in [7, 11) is 0. The second-order valence-electron chi connectivity index (χ2n) is 8.44. The van der Waals surface area contributed by atoms with E-state index in [2.05, 4.69) is 15.0 Å². The molecule has 1 atom stereocenters. The van der Waals surface area contributed by atoms with Crippen molar-refractivity contribution in [3.05, 3.63) is 35.5 Å². The van der Waals surface area contributed by atoms with Crippen LogP contribution in [0.1, 0.15) is 48.5 Å². The van der Waals surface area contributed by atoms with Gasteiger partial charge in [-0.05, 0) is 57.2 Å². The summed E-state index contributed by atoms with van der Waals surface area (Å²) in [5, 5.41) is 12.9. The van der Waals surface area contributed by atoms with Crippen LogP contribution in [0.25, 0.3) is 10.9 Å². The Kier molecular flexibility index (Phi) is 7.42. The van der Waals surface area contributed by atoms with Gasteiger partial charge in [0.1, 0.15) is 5.75 Å². The number of carbonyl (C=O) groups is 1. The number of nitrogens with zero attached hydrogens (tertiary/aromatic N) is 1. The van der Waals surface area contributed by atoms with Crippen molar-refractivity contribution >= 4 is 16.8 Å². The Balaban J connectivity index is 1.55. The maximum Gasteiger partial charge on any atom is 0.419 e. The van der Waals surface area contributed by atoms with Gasteiger partial charge in [-0.25, -0.2) is 0 Å². The van der Waals surface area contributed by atoms with Gasteiger partial charge in [-0.3, -0.25) is 9.78 Å². The summed E-state index contributed by atoms with van der Waals surface area (Å²) in [6.07, 6.45) is -1.95. The van der Waals surface area contributed by atoms with E-state index in [1.807, 2.05) is 0 Å². The van der Waals surface area contributed by atoms with Gasteiger partial charge in [-0.1, -0.05) is 0 Å². The predicted octanol–water partition coefficient (Wildman–Crippen LogP) is 4.52. The van der Waals surface area contributed by atoms with E-state index in [0.717, 1.165) is 0 Å². The van der Waals surface area contributed by atoms with Crippen LogP contribution in [0.4, 0.5) is 22.0 Å². The van der Waals surface area contributed by atoms with Gasteiger partial charge in [0.15, 0.2) is 5.60 Å². The molecule has 1 saturated carbocycles. The Hall–Kier alpha value is -2.53. The first-order valence-corrected chi connectivity index (χ1v) is 10.4. The number of hydrogen-bond donors (Lipinski definition) is 2. The number of aryl methyl sites for hydroxylation is 1. The van der Waals surface area contributed by atoms with Crippen molar-refractivity contribution in [3.63, 3.8) is 0 Å². The minimum Gasteiger partial charge on any atom is -0.434 e.